The smallest absolute Gasteiger partial charge is 0.227 e. The Morgan fingerprint density at radius 2 is 2.24 bits per heavy atom. The van der Waals surface area contributed by atoms with E-state index in [4.69, 9.17) is 0 Å². The summed E-state index contributed by atoms with van der Waals surface area (Å²) in [5.41, 5.74) is 3.81. The third-order valence-corrected chi connectivity index (χ3v) is 4.62. The predicted octanol–water partition coefficient (Wildman–Crippen LogP) is 2.19. The molecule has 0 aliphatic carbocycles. The van der Waals surface area contributed by atoms with Gasteiger partial charge in [0.1, 0.15) is 5.82 Å². The molecule has 2 aromatic heterocycles. The second-order valence-electron chi connectivity index (χ2n) is 5.28. The minimum atomic E-state index is 0.173. The first-order chi connectivity index (χ1) is 10.3. The summed E-state index contributed by atoms with van der Waals surface area (Å²) in [6, 6.07) is 8.01. The summed E-state index contributed by atoms with van der Waals surface area (Å²) in [7, 11) is 0. The molecule has 5 nitrogen and oxygen atoms in total. The Hall–Kier alpha value is -2.21. The number of thiazole rings is 1. The maximum atomic E-state index is 12.1. The highest BCUT2D eigenvalue weighted by Crippen LogP contribution is 2.27. The van der Waals surface area contributed by atoms with Gasteiger partial charge in [-0.25, -0.2) is 4.98 Å². The molecule has 0 bridgehead atoms. The highest BCUT2D eigenvalue weighted by atomic mass is 32.1. The van der Waals surface area contributed by atoms with Crippen LogP contribution >= 0.6 is 11.3 Å². The van der Waals surface area contributed by atoms with Gasteiger partial charge in [0.25, 0.3) is 0 Å². The maximum absolute atomic E-state index is 12.1. The van der Waals surface area contributed by atoms with Crippen molar-refractivity contribution in [3.8, 4) is 0 Å². The van der Waals surface area contributed by atoms with E-state index in [0.29, 0.717) is 12.3 Å². The summed E-state index contributed by atoms with van der Waals surface area (Å²) >= 11 is 1.53. The molecule has 4 rings (SSSR count). The normalized spacial score (nSPS) is 15.3. The van der Waals surface area contributed by atoms with Crippen LogP contribution < -0.4 is 0 Å². The number of aromatic amines is 1. The summed E-state index contributed by atoms with van der Waals surface area (Å²) in [5, 5.41) is 0. The SMILES string of the molecule is O=C(Cc1cncs1)N1CC(c2nc3ccccc3[nH]2)C1. The van der Waals surface area contributed by atoms with Crippen LogP contribution in [0.1, 0.15) is 16.6 Å². The molecular weight excluding hydrogens is 284 g/mol. The van der Waals surface area contributed by atoms with E-state index in [-0.39, 0.29) is 5.91 Å². The van der Waals surface area contributed by atoms with Crippen LogP contribution in [-0.2, 0) is 11.2 Å². The number of carbonyl (C=O) groups is 1. The zero-order valence-electron chi connectivity index (χ0n) is 11.3. The van der Waals surface area contributed by atoms with E-state index in [0.717, 1.165) is 34.8 Å². The summed E-state index contributed by atoms with van der Waals surface area (Å²) < 4.78 is 0. The zero-order valence-corrected chi connectivity index (χ0v) is 12.1. The number of benzene rings is 1. The molecular formula is C15H14N4OS. The Kier molecular flexibility index (Phi) is 2.96. The number of hydrogen-bond donors (Lipinski definition) is 1. The number of nitrogens with zero attached hydrogens (tertiary/aromatic N) is 3. The molecule has 3 heterocycles. The average Bonchev–Trinajstić information content (AvgIpc) is 3.05. The van der Waals surface area contributed by atoms with Crippen LogP contribution in [0.4, 0.5) is 0 Å². The van der Waals surface area contributed by atoms with Crippen molar-refractivity contribution in [3.05, 3.63) is 46.7 Å². The van der Waals surface area contributed by atoms with E-state index in [1.807, 2.05) is 29.2 Å². The summed E-state index contributed by atoms with van der Waals surface area (Å²) in [4.78, 5) is 27.0. The van der Waals surface area contributed by atoms with Gasteiger partial charge in [-0.1, -0.05) is 12.1 Å². The van der Waals surface area contributed by atoms with Crippen LogP contribution in [0.5, 0.6) is 0 Å². The first kappa shape index (κ1) is 12.5. The molecule has 0 unspecified atom stereocenters. The summed E-state index contributed by atoms with van der Waals surface area (Å²) in [5.74, 6) is 1.48. The molecule has 0 spiro atoms. The van der Waals surface area contributed by atoms with Gasteiger partial charge in [0.2, 0.25) is 5.91 Å². The maximum Gasteiger partial charge on any atom is 0.227 e. The van der Waals surface area contributed by atoms with Gasteiger partial charge in [0, 0.05) is 24.2 Å². The van der Waals surface area contributed by atoms with E-state index in [9.17, 15) is 4.79 Å². The number of likely N-dealkylation sites (tertiary alicyclic amines) is 1. The van der Waals surface area contributed by atoms with E-state index in [2.05, 4.69) is 15.0 Å². The standard InChI is InChI=1S/C15H14N4OS/c20-14(5-11-6-16-9-21-11)19-7-10(8-19)15-17-12-3-1-2-4-13(12)18-15/h1-4,6,9-10H,5,7-8H2,(H,17,18). The van der Waals surface area contributed by atoms with E-state index in [1.165, 1.54) is 11.3 Å². The van der Waals surface area contributed by atoms with Gasteiger partial charge in [-0.2, -0.15) is 0 Å². The van der Waals surface area contributed by atoms with Crippen LogP contribution in [-0.4, -0.2) is 38.8 Å². The van der Waals surface area contributed by atoms with Crippen molar-refractivity contribution in [2.45, 2.75) is 12.3 Å². The van der Waals surface area contributed by atoms with Crippen LogP contribution in [0.15, 0.2) is 36.0 Å². The number of fused-ring (bicyclic) bond motifs is 1. The summed E-state index contributed by atoms with van der Waals surface area (Å²) in [6.45, 7) is 1.49. The Morgan fingerprint density at radius 3 is 3.00 bits per heavy atom. The second-order valence-corrected chi connectivity index (χ2v) is 6.25. The largest absolute Gasteiger partial charge is 0.342 e. The number of H-pyrrole nitrogens is 1. The number of rotatable bonds is 3. The molecule has 1 amide bonds. The highest BCUT2D eigenvalue weighted by Gasteiger charge is 2.33. The number of hydrogen-bond acceptors (Lipinski definition) is 4. The van der Waals surface area contributed by atoms with Crippen molar-refractivity contribution in [3.63, 3.8) is 0 Å². The van der Waals surface area contributed by atoms with Crippen molar-refractivity contribution >= 4 is 28.3 Å². The number of imidazole rings is 1. The van der Waals surface area contributed by atoms with Gasteiger partial charge in [-0.05, 0) is 12.1 Å². The van der Waals surface area contributed by atoms with Gasteiger partial charge in [-0.15, -0.1) is 11.3 Å². The predicted molar refractivity (Wildman–Crippen MR) is 81.2 cm³/mol. The lowest BCUT2D eigenvalue weighted by Gasteiger charge is -2.38. The number of para-hydroxylation sites is 2. The Balaban J connectivity index is 1.41. The molecule has 1 N–H and O–H groups in total. The van der Waals surface area contributed by atoms with Crippen LogP contribution in [0.2, 0.25) is 0 Å². The Morgan fingerprint density at radius 1 is 1.38 bits per heavy atom. The van der Waals surface area contributed by atoms with Gasteiger partial charge in [0.05, 0.1) is 28.9 Å². The lowest BCUT2D eigenvalue weighted by atomic mass is 9.99. The third kappa shape index (κ3) is 2.31. The Labute approximate surface area is 125 Å². The van der Waals surface area contributed by atoms with E-state index in [1.54, 1.807) is 11.7 Å². The molecule has 1 aromatic carbocycles. The molecule has 1 aliphatic rings. The van der Waals surface area contributed by atoms with Crippen molar-refractivity contribution < 1.29 is 4.79 Å². The number of amides is 1. The summed E-state index contributed by atoms with van der Waals surface area (Å²) in [6.07, 6.45) is 2.22. The lowest BCUT2D eigenvalue weighted by molar-refractivity contribution is -0.134. The minimum Gasteiger partial charge on any atom is -0.342 e. The second kappa shape index (κ2) is 4.96. The molecule has 6 heteroatoms. The number of nitrogens with one attached hydrogen (secondary N) is 1. The van der Waals surface area contributed by atoms with Gasteiger partial charge in [-0.3, -0.25) is 9.78 Å². The molecule has 0 atom stereocenters. The molecule has 1 aliphatic heterocycles. The fraction of sp³-hybridized carbons (Fsp3) is 0.267. The monoisotopic (exact) mass is 298 g/mol. The first-order valence-electron chi connectivity index (χ1n) is 6.89. The molecule has 106 valence electrons. The molecule has 0 saturated carbocycles. The molecule has 0 radical (unpaired) electrons. The van der Waals surface area contributed by atoms with Gasteiger partial charge < -0.3 is 9.88 Å². The quantitative estimate of drug-likeness (QED) is 0.806. The van der Waals surface area contributed by atoms with Crippen molar-refractivity contribution in [2.24, 2.45) is 0 Å². The minimum absolute atomic E-state index is 0.173. The highest BCUT2D eigenvalue weighted by molar-refractivity contribution is 7.09. The molecule has 1 saturated heterocycles. The number of carbonyl (C=O) groups excluding carboxylic acids is 1. The third-order valence-electron chi connectivity index (χ3n) is 3.84. The number of aromatic nitrogens is 3. The molecule has 21 heavy (non-hydrogen) atoms. The molecule has 3 aromatic rings. The fourth-order valence-electron chi connectivity index (χ4n) is 2.61. The van der Waals surface area contributed by atoms with Crippen LogP contribution in [0, 0.1) is 0 Å². The lowest BCUT2D eigenvalue weighted by Crippen LogP contribution is -2.49. The zero-order chi connectivity index (χ0) is 14.2. The van der Waals surface area contributed by atoms with Crippen molar-refractivity contribution in [1.29, 1.82) is 0 Å². The van der Waals surface area contributed by atoms with E-state index < -0.39 is 0 Å². The van der Waals surface area contributed by atoms with E-state index >= 15 is 0 Å². The molecule has 1 fully saturated rings. The topological polar surface area (TPSA) is 61.9 Å². The van der Waals surface area contributed by atoms with Crippen molar-refractivity contribution in [2.75, 3.05) is 13.1 Å². The Bertz CT molecular complexity index is 741. The van der Waals surface area contributed by atoms with Crippen LogP contribution in [0.25, 0.3) is 11.0 Å². The fourth-order valence-corrected chi connectivity index (χ4v) is 3.20. The average molecular weight is 298 g/mol. The van der Waals surface area contributed by atoms with Crippen molar-refractivity contribution in [1.82, 2.24) is 19.9 Å². The van der Waals surface area contributed by atoms with Crippen LogP contribution in [0.3, 0.4) is 0 Å². The first-order valence-corrected chi connectivity index (χ1v) is 7.77. The van der Waals surface area contributed by atoms with Gasteiger partial charge in [0.15, 0.2) is 0 Å². The van der Waals surface area contributed by atoms with Gasteiger partial charge >= 0.3 is 0 Å².